The summed E-state index contributed by atoms with van der Waals surface area (Å²) in [5.74, 6) is 0.698. The molecule has 0 fully saturated rings. The second-order valence-electron chi connectivity index (χ2n) is 5.23. The Morgan fingerprint density at radius 3 is 2.57 bits per heavy atom. The van der Waals surface area contributed by atoms with Crippen LogP contribution in [-0.4, -0.2) is 28.1 Å². The molecule has 0 radical (unpaired) electrons. The van der Waals surface area contributed by atoms with Crippen molar-refractivity contribution in [3.63, 3.8) is 0 Å². The van der Waals surface area contributed by atoms with Crippen LogP contribution in [0.4, 0.5) is 5.69 Å². The number of hydrogen-bond acceptors (Lipinski definition) is 5. The Hall–Kier alpha value is -1.98. The van der Waals surface area contributed by atoms with Gasteiger partial charge in [0.2, 0.25) is 0 Å². The van der Waals surface area contributed by atoms with Crippen LogP contribution in [0.25, 0.3) is 0 Å². The number of nitrogen functional groups attached to an aromatic ring is 1. The standard InChI is InChI=1S/C17H16ClN3OS/c18-14-5-3-13(4-6-14)16-11-23-17(10-22)21(20-16)9-12-1-7-15(19)8-2-12/h1-8,10,17H,9,11,19H2. The minimum Gasteiger partial charge on any atom is -0.399 e. The quantitative estimate of drug-likeness (QED) is 0.681. The molecule has 4 nitrogen and oxygen atoms in total. The summed E-state index contributed by atoms with van der Waals surface area (Å²) in [6.07, 6.45) is 0.935. The zero-order valence-corrected chi connectivity index (χ0v) is 13.9. The second kappa shape index (κ2) is 7.06. The number of nitrogens with zero attached hydrogens (tertiary/aromatic N) is 2. The van der Waals surface area contributed by atoms with E-state index in [1.807, 2.05) is 53.5 Å². The Morgan fingerprint density at radius 1 is 1.22 bits per heavy atom. The number of benzene rings is 2. The summed E-state index contributed by atoms with van der Waals surface area (Å²) < 4.78 is 0. The molecule has 2 aromatic rings. The van der Waals surface area contributed by atoms with Crippen LogP contribution in [0.1, 0.15) is 11.1 Å². The SMILES string of the molecule is Nc1ccc(CN2N=C(c3ccc(Cl)cc3)CSC2C=O)cc1. The molecule has 1 aliphatic rings. The molecule has 118 valence electrons. The van der Waals surface area contributed by atoms with Crippen LogP contribution in [0.3, 0.4) is 0 Å². The maximum Gasteiger partial charge on any atom is 0.154 e. The number of aldehydes is 1. The van der Waals surface area contributed by atoms with Crippen molar-refractivity contribution in [1.29, 1.82) is 0 Å². The second-order valence-corrected chi connectivity index (χ2v) is 6.77. The van der Waals surface area contributed by atoms with Crippen LogP contribution in [0.15, 0.2) is 53.6 Å². The molecule has 0 saturated heterocycles. The van der Waals surface area contributed by atoms with Crippen LogP contribution in [0, 0.1) is 0 Å². The topological polar surface area (TPSA) is 58.7 Å². The molecule has 1 heterocycles. The average molecular weight is 346 g/mol. The Labute approximate surface area is 144 Å². The molecular weight excluding hydrogens is 330 g/mol. The lowest BCUT2D eigenvalue weighted by molar-refractivity contribution is -0.110. The van der Waals surface area contributed by atoms with Gasteiger partial charge in [0, 0.05) is 16.5 Å². The van der Waals surface area contributed by atoms with Crippen LogP contribution < -0.4 is 5.73 Å². The summed E-state index contributed by atoms with van der Waals surface area (Å²) >= 11 is 7.50. The van der Waals surface area contributed by atoms with Crippen LogP contribution >= 0.6 is 23.4 Å². The zero-order chi connectivity index (χ0) is 16.2. The molecule has 1 atom stereocenters. The van der Waals surface area contributed by atoms with E-state index in [-0.39, 0.29) is 5.37 Å². The number of carbonyl (C=O) groups excluding carboxylic acids is 1. The summed E-state index contributed by atoms with van der Waals surface area (Å²) in [7, 11) is 0. The molecule has 0 spiro atoms. The highest BCUT2D eigenvalue weighted by atomic mass is 35.5. The lowest BCUT2D eigenvalue weighted by atomic mass is 10.1. The van der Waals surface area contributed by atoms with Gasteiger partial charge in [0.05, 0.1) is 12.3 Å². The minimum absolute atomic E-state index is 0.274. The smallest absolute Gasteiger partial charge is 0.154 e. The van der Waals surface area contributed by atoms with Gasteiger partial charge in [-0.15, -0.1) is 11.8 Å². The predicted octanol–water partition coefficient (Wildman–Crippen LogP) is 3.40. The van der Waals surface area contributed by atoms with Crippen LogP contribution in [0.2, 0.25) is 5.02 Å². The van der Waals surface area contributed by atoms with Gasteiger partial charge < -0.3 is 10.5 Å². The fourth-order valence-corrected chi connectivity index (χ4v) is 3.37. The van der Waals surface area contributed by atoms with E-state index in [1.54, 1.807) is 11.8 Å². The fraction of sp³-hybridized carbons (Fsp3) is 0.176. The molecule has 0 aliphatic carbocycles. The van der Waals surface area contributed by atoms with Crippen LogP contribution in [0.5, 0.6) is 0 Å². The molecule has 23 heavy (non-hydrogen) atoms. The lowest BCUT2D eigenvalue weighted by Gasteiger charge is -2.30. The highest BCUT2D eigenvalue weighted by Crippen LogP contribution is 2.25. The van der Waals surface area contributed by atoms with Crippen molar-refractivity contribution in [2.24, 2.45) is 5.10 Å². The van der Waals surface area contributed by atoms with E-state index in [0.717, 1.165) is 28.8 Å². The van der Waals surface area contributed by atoms with E-state index in [1.165, 1.54) is 0 Å². The number of anilines is 1. The average Bonchev–Trinajstić information content (AvgIpc) is 2.57. The number of thioether (sulfide) groups is 1. The van der Waals surface area contributed by atoms with Crippen molar-refractivity contribution >= 4 is 41.0 Å². The van der Waals surface area contributed by atoms with Gasteiger partial charge in [-0.05, 0) is 35.4 Å². The maximum atomic E-state index is 11.3. The van der Waals surface area contributed by atoms with E-state index in [2.05, 4.69) is 5.10 Å². The molecular formula is C17H16ClN3OS. The highest BCUT2D eigenvalue weighted by Gasteiger charge is 2.24. The van der Waals surface area contributed by atoms with Crippen molar-refractivity contribution in [3.05, 3.63) is 64.7 Å². The summed E-state index contributed by atoms with van der Waals surface area (Å²) in [5.41, 5.74) is 9.46. The minimum atomic E-state index is -0.274. The van der Waals surface area contributed by atoms with Gasteiger partial charge in [-0.25, -0.2) is 0 Å². The monoisotopic (exact) mass is 345 g/mol. The van der Waals surface area contributed by atoms with Gasteiger partial charge in [-0.2, -0.15) is 5.10 Å². The summed E-state index contributed by atoms with van der Waals surface area (Å²) in [6.45, 7) is 0.563. The predicted molar refractivity (Wildman–Crippen MR) is 96.7 cm³/mol. The Morgan fingerprint density at radius 2 is 1.91 bits per heavy atom. The van der Waals surface area contributed by atoms with Crippen LogP contribution in [-0.2, 0) is 11.3 Å². The first-order valence-electron chi connectivity index (χ1n) is 7.17. The van der Waals surface area contributed by atoms with Crippen molar-refractivity contribution in [1.82, 2.24) is 5.01 Å². The Kier molecular flexibility index (Phi) is 4.88. The number of hydrazone groups is 1. The fourth-order valence-electron chi connectivity index (χ4n) is 2.32. The highest BCUT2D eigenvalue weighted by molar-refractivity contribution is 8.01. The Bertz CT molecular complexity index is 716. The molecule has 2 aromatic carbocycles. The van der Waals surface area contributed by atoms with Gasteiger partial charge in [-0.3, -0.25) is 5.01 Å². The third-order valence-electron chi connectivity index (χ3n) is 3.55. The Balaban J connectivity index is 1.85. The first-order valence-corrected chi connectivity index (χ1v) is 8.60. The largest absolute Gasteiger partial charge is 0.399 e. The summed E-state index contributed by atoms with van der Waals surface area (Å²) in [6, 6.07) is 15.2. The van der Waals surface area contributed by atoms with E-state index in [9.17, 15) is 4.79 Å². The van der Waals surface area contributed by atoms with Gasteiger partial charge in [0.1, 0.15) is 5.37 Å². The van der Waals surface area contributed by atoms with Gasteiger partial charge in [-0.1, -0.05) is 35.9 Å². The van der Waals surface area contributed by atoms with Gasteiger partial charge in [0.15, 0.2) is 6.29 Å². The van der Waals surface area contributed by atoms with E-state index >= 15 is 0 Å². The lowest BCUT2D eigenvalue weighted by Crippen LogP contribution is -2.35. The summed E-state index contributed by atoms with van der Waals surface area (Å²) in [5, 5.41) is 6.91. The van der Waals surface area contributed by atoms with Crippen molar-refractivity contribution in [3.8, 4) is 0 Å². The third-order valence-corrected chi connectivity index (χ3v) is 4.94. The van der Waals surface area contributed by atoms with Crippen molar-refractivity contribution in [2.45, 2.75) is 11.9 Å². The van der Waals surface area contributed by atoms with Gasteiger partial charge in [0.25, 0.3) is 0 Å². The molecule has 2 N–H and O–H groups in total. The third kappa shape index (κ3) is 3.86. The maximum absolute atomic E-state index is 11.3. The normalized spacial score (nSPS) is 17.7. The van der Waals surface area contributed by atoms with E-state index in [4.69, 9.17) is 17.3 Å². The van der Waals surface area contributed by atoms with E-state index in [0.29, 0.717) is 17.3 Å². The molecule has 6 heteroatoms. The number of halogens is 1. The first kappa shape index (κ1) is 15.9. The zero-order valence-electron chi connectivity index (χ0n) is 12.4. The molecule has 0 amide bonds. The van der Waals surface area contributed by atoms with Crippen molar-refractivity contribution in [2.75, 3.05) is 11.5 Å². The molecule has 0 bridgehead atoms. The molecule has 0 saturated carbocycles. The molecule has 0 aromatic heterocycles. The van der Waals surface area contributed by atoms with Gasteiger partial charge >= 0.3 is 0 Å². The first-order chi connectivity index (χ1) is 11.2. The number of hydrogen-bond donors (Lipinski definition) is 1. The number of carbonyl (C=O) groups is 1. The molecule has 1 unspecified atom stereocenters. The summed E-state index contributed by atoms with van der Waals surface area (Å²) in [4.78, 5) is 11.3. The molecule has 1 aliphatic heterocycles. The van der Waals surface area contributed by atoms with E-state index < -0.39 is 0 Å². The van der Waals surface area contributed by atoms with Crippen molar-refractivity contribution < 1.29 is 4.79 Å². The molecule has 3 rings (SSSR count). The number of nitrogens with two attached hydrogens (primary N) is 1. The number of rotatable bonds is 4.